The van der Waals surface area contributed by atoms with Gasteiger partial charge in [0.15, 0.2) is 5.96 Å². The van der Waals surface area contributed by atoms with Crippen molar-refractivity contribution >= 4 is 17.6 Å². The van der Waals surface area contributed by atoms with Crippen molar-refractivity contribution in [2.45, 2.75) is 20.3 Å². The lowest BCUT2D eigenvalue weighted by atomic mass is 10.1. The Bertz CT molecular complexity index is 708. The van der Waals surface area contributed by atoms with E-state index < -0.39 is 0 Å². The predicted molar refractivity (Wildman–Crippen MR) is 102 cm³/mol. The van der Waals surface area contributed by atoms with E-state index in [1.165, 1.54) is 16.7 Å². The number of nitrogens with one attached hydrogen (secondary N) is 3. The monoisotopic (exact) mass is 339 g/mol. The number of carbonyl (C=O) groups is 1. The van der Waals surface area contributed by atoms with Gasteiger partial charge in [-0.2, -0.15) is 0 Å². The molecule has 6 heteroatoms. The first-order valence-corrected chi connectivity index (χ1v) is 8.28. The third-order valence-corrected chi connectivity index (χ3v) is 3.57. The Balaban J connectivity index is 1.74. The number of aryl methyl sites for hydroxylation is 2. The van der Waals surface area contributed by atoms with Crippen LogP contribution < -0.4 is 16.0 Å². The van der Waals surface area contributed by atoms with Gasteiger partial charge in [0.05, 0.1) is 18.4 Å². The molecule has 0 aliphatic carbocycles. The van der Waals surface area contributed by atoms with Crippen molar-refractivity contribution in [2.24, 2.45) is 4.99 Å². The summed E-state index contributed by atoms with van der Waals surface area (Å²) in [6.45, 7) is 5.08. The van der Waals surface area contributed by atoms with Gasteiger partial charge in [-0.25, -0.2) is 0 Å². The van der Waals surface area contributed by atoms with E-state index in [0.717, 1.165) is 13.0 Å². The lowest BCUT2D eigenvalue weighted by Crippen LogP contribution is -2.42. The quantitative estimate of drug-likeness (QED) is 0.556. The highest BCUT2D eigenvalue weighted by atomic mass is 16.1. The van der Waals surface area contributed by atoms with Crippen LogP contribution in [0.3, 0.4) is 0 Å². The first-order chi connectivity index (χ1) is 12.1. The lowest BCUT2D eigenvalue weighted by Gasteiger charge is -2.12. The van der Waals surface area contributed by atoms with E-state index in [1.807, 2.05) is 0 Å². The van der Waals surface area contributed by atoms with Crippen molar-refractivity contribution in [3.05, 3.63) is 59.4 Å². The number of aliphatic imine (C=N–C) groups is 1. The molecular formula is C19H25N5O. The molecule has 0 aliphatic heterocycles. The maximum Gasteiger partial charge on any atom is 0.243 e. The van der Waals surface area contributed by atoms with Crippen LogP contribution >= 0.6 is 0 Å². The number of hydrogen-bond donors (Lipinski definition) is 3. The fraction of sp³-hybridized carbons (Fsp3) is 0.316. The van der Waals surface area contributed by atoms with Crippen LogP contribution in [0.25, 0.3) is 0 Å². The van der Waals surface area contributed by atoms with E-state index in [9.17, 15) is 4.79 Å². The molecule has 0 saturated carbocycles. The van der Waals surface area contributed by atoms with Crippen molar-refractivity contribution in [1.29, 1.82) is 0 Å². The van der Waals surface area contributed by atoms with E-state index in [4.69, 9.17) is 0 Å². The first-order valence-electron chi connectivity index (χ1n) is 8.28. The van der Waals surface area contributed by atoms with E-state index in [1.54, 1.807) is 31.6 Å². The Kier molecular flexibility index (Phi) is 6.95. The summed E-state index contributed by atoms with van der Waals surface area (Å²) in [6.07, 6.45) is 4.16. The average Bonchev–Trinajstić information content (AvgIpc) is 2.58. The summed E-state index contributed by atoms with van der Waals surface area (Å²) in [7, 11) is 1.69. The number of carbonyl (C=O) groups excluding carboxylic acids is 1. The van der Waals surface area contributed by atoms with Gasteiger partial charge in [0.1, 0.15) is 0 Å². The highest BCUT2D eigenvalue weighted by Crippen LogP contribution is 2.08. The molecule has 0 atom stereocenters. The zero-order chi connectivity index (χ0) is 18.1. The molecule has 1 amide bonds. The molecule has 0 unspecified atom stereocenters. The molecule has 0 saturated heterocycles. The minimum absolute atomic E-state index is 0.137. The van der Waals surface area contributed by atoms with Gasteiger partial charge in [-0.05, 0) is 38.0 Å². The fourth-order valence-electron chi connectivity index (χ4n) is 2.57. The molecule has 0 radical (unpaired) electrons. The predicted octanol–water partition coefficient (Wildman–Crippen LogP) is 2.04. The normalized spacial score (nSPS) is 11.1. The van der Waals surface area contributed by atoms with Crippen LogP contribution in [0.2, 0.25) is 0 Å². The lowest BCUT2D eigenvalue weighted by molar-refractivity contribution is -0.115. The highest BCUT2D eigenvalue weighted by molar-refractivity contribution is 5.94. The molecule has 0 aliphatic rings. The first kappa shape index (κ1) is 18.4. The van der Waals surface area contributed by atoms with Gasteiger partial charge < -0.3 is 16.0 Å². The number of hydrogen-bond acceptors (Lipinski definition) is 3. The third-order valence-electron chi connectivity index (χ3n) is 3.57. The maximum atomic E-state index is 11.9. The number of nitrogens with zero attached hydrogens (tertiary/aromatic N) is 2. The van der Waals surface area contributed by atoms with Crippen molar-refractivity contribution < 1.29 is 4.79 Å². The van der Waals surface area contributed by atoms with Crippen LogP contribution in [0.15, 0.2) is 47.7 Å². The Labute approximate surface area is 148 Å². The summed E-state index contributed by atoms with van der Waals surface area (Å²) in [4.78, 5) is 20.0. The summed E-state index contributed by atoms with van der Waals surface area (Å²) in [6, 6.07) is 10.1. The second kappa shape index (κ2) is 9.42. The van der Waals surface area contributed by atoms with Crippen LogP contribution in [0.4, 0.5) is 5.69 Å². The fourth-order valence-corrected chi connectivity index (χ4v) is 2.57. The Morgan fingerprint density at radius 3 is 2.56 bits per heavy atom. The largest absolute Gasteiger partial charge is 0.356 e. The van der Waals surface area contributed by atoms with E-state index in [-0.39, 0.29) is 12.5 Å². The molecule has 25 heavy (non-hydrogen) atoms. The van der Waals surface area contributed by atoms with Crippen molar-refractivity contribution in [3.8, 4) is 0 Å². The standard InChI is InChI=1S/C19H25N5O/c1-14-9-15(2)11-16(10-14)6-8-22-19(20-3)23-13-18(25)24-17-5-4-7-21-12-17/h4-5,7,9-12H,6,8,13H2,1-3H3,(H,24,25)(H2,20,22,23). The van der Waals surface area contributed by atoms with Crippen molar-refractivity contribution in [3.63, 3.8) is 0 Å². The second-order valence-electron chi connectivity index (χ2n) is 5.89. The van der Waals surface area contributed by atoms with Gasteiger partial charge in [-0.3, -0.25) is 14.8 Å². The molecule has 2 aromatic rings. The van der Waals surface area contributed by atoms with E-state index in [2.05, 4.69) is 58.0 Å². The smallest absolute Gasteiger partial charge is 0.243 e. The SMILES string of the molecule is CN=C(NCCc1cc(C)cc(C)c1)NCC(=O)Nc1cccnc1. The van der Waals surface area contributed by atoms with E-state index in [0.29, 0.717) is 11.6 Å². The zero-order valence-electron chi connectivity index (χ0n) is 15.0. The Morgan fingerprint density at radius 1 is 1.16 bits per heavy atom. The maximum absolute atomic E-state index is 11.9. The number of rotatable bonds is 6. The average molecular weight is 339 g/mol. The van der Waals surface area contributed by atoms with Gasteiger partial charge in [0.25, 0.3) is 0 Å². The molecule has 6 nitrogen and oxygen atoms in total. The van der Waals surface area contributed by atoms with Gasteiger partial charge in [0.2, 0.25) is 5.91 Å². The third kappa shape index (κ3) is 6.63. The summed E-state index contributed by atoms with van der Waals surface area (Å²) >= 11 is 0. The van der Waals surface area contributed by atoms with Gasteiger partial charge >= 0.3 is 0 Å². The molecule has 3 N–H and O–H groups in total. The number of amides is 1. The molecule has 1 heterocycles. The molecule has 0 spiro atoms. The molecular weight excluding hydrogens is 314 g/mol. The van der Waals surface area contributed by atoms with Crippen LogP contribution in [0, 0.1) is 13.8 Å². The van der Waals surface area contributed by atoms with Gasteiger partial charge in [-0.15, -0.1) is 0 Å². The van der Waals surface area contributed by atoms with Crippen LogP contribution in [0.1, 0.15) is 16.7 Å². The highest BCUT2D eigenvalue weighted by Gasteiger charge is 2.04. The van der Waals surface area contributed by atoms with Crippen LogP contribution in [-0.2, 0) is 11.2 Å². The number of benzene rings is 1. The summed E-state index contributed by atoms with van der Waals surface area (Å²) in [5, 5.41) is 9.00. The zero-order valence-corrected chi connectivity index (χ0v) is 15.0. The number of guanidine groups is 1. The molecule has 0 bridgehead atoms. The number of anilines is 1. The topological polar surface area (TPSA) is 78.4 Å². The number of aromatic nitrogens is 1. The summed E-state index contributed by atoms with van der Waals surface area (Å²) in [5.74, 6) is 0.455. The molecule has 1 aromatic carbocycles. The molecule has 0 fully saturated rings. The molecule has 132 valence electrons. The Morgan fingerprint density at radius 2 is 1.92 bits per heavy atom. The van der Waals surface area contributed by atoms with Crippen molar-refractivity contribution in [2.75, 3.05) is 25.5 Å². The molecule has 2 rings (SSSR count). The summed E-state index contributed by atoms with van der Waals surface area (Å²) in [5.41, 5.74) is 4.50. The van der Waals surface area contributed by atoms with Crippen LogP contribution in [0.5, 0.6) is 0 Å². The summed E-state index contributed by atoms with van der Waals surface area (Å²) < 4.78 is 0. The number of pyridine rings is 1. The van der Waals surface area contributed by atoms with Gasteiger partial charge in [-0.1, -0.05) is 29.3 Å². The minimum atomic E-state index is -0.148. The Hall–Kier alpha value is -2.89. The van der Waals surface area contributed by atoms with Crippen LogP contribution in [-0.4, -0.2) is 37.0 Å². The van der Waals surface area contributed by atoms with E-state index >= 15 is 0 Å². The van der Waals surface area contributed by atoms with Gasteiger partial charge in [0, 0.05) is 19.8 Å². The molecule has 1 aromatic heterocycles. The van der Waals surface area contributed by atoms with Crippen molar-refractivity contribution in [1.82, 2.24) is 15.6 Å². The minimum Gasteiger partial charge on any atom is -0.356 e. The second-order valence-corrected chi connectivity index (χ2v) is 5.89.